The number of methoxy groups -OCH3 is 2. The molecule has 0 amide bonds. The van der Waals surface area contributed by atoms with Crippen LogP contribution in [0.5, 0.6) is 11.5 Å². The molecule has 0 atom stereocenters. The van der Waals surface area contributed by atoms with Crippen molar-refractivity contribution >= 4 is 45.9 Å². The predicted octanol–water partition coefficient (Wildman–Crippen LogP) is 3.16. The fourth-order valence-corrected chi connectivity index (χ4v) is 2.14. The molecule has 0 fully saturated rings. The maximum absolute atomic E-state index is 5.31. The van der Waals surface area contributed by atoms with Crippen LogP contribution in [0, 0.1) is 0 Å². The molecule has 0 aromatic heterocycles. The average molecular weight is 472 g/mol. The highest BCUT2D eigenvalue weighted by Crippen LogP contribution is 2.33. The predicted molar refractivity (Wildman–Crippen MR) is 101 cm³/mol. The molecule has 0 heterocycles. The summed E-state index contributed by atoms with van der Waals surface area (Å²) in [5.41, 5.74) is 1.04. The Morgan fingerprint density at radius 1 is 1.10 bits per heavy atom. The van der Waals surface area contributed by atoms with Crippen molar-refractivity contribution in [1.82, 2.24) is 10.6 Å². The fourth-order valence-electron chi connectivity index (χ4n) is 1.69. The highest BCUT2D eigenvalue weighted by atomic mass is 127. The van der Waals surface area contributed by atoms with Crippen LogP contribution in [0.15, 0.2) is 21.6 Å². The van der Waals surface area contributed by atoms with E-state index >= 15 is 0 Å². The lowest BCUT2D eigenvalue weighted by Gasteiger charge is -2.12. The molecule has 1 aromatic carbocycles. The van der Waals surface area contributed by atoms with Gasteiger partial charge in [0.05, 0.1) is 20.8 Å². The van der Waals surface area contributed by atoms with Crippen molar-refractivity contribution in [2.24, 2.45) is 4.99 Å². The van der Waals surface area contributed by atoms with E-state index in [9.17, 15) is 0 Å². The second-order valence-corrected chi connectivity index (χ2v) is 4.88. The molecule has 0 aliphatic rings. The normalized spacial score (nSPS) is 9.38. The minimum Gasteiger partial charge on any atom is -0.493 e. The van der Waals surface area contributed by atoms with Crippen LogP contribution in [-0.2, 0) is 6.54 Å². The molecule has 0 aliphatic heterocycles. The first-order valence-corrected chi connectivity index (χ1v) is 7.38. The number of ether oxygens (including phenoxy) is 2. The summed E-state index contributed by atoms with van der Waals surface area (Å²) < 4.78 is 11.5. The first kappa shape index (κ1) is 20.3. The quantitative estimate of drug-likeness (QED) is 0.380. The number of benzene rings is 1. The minimum atomic E-state index is 0. The number of nitrogens with one attached hydrogen (secondary N) is 2. The third-order valence-electron chi connectivity index (χ3n) is 2.65. The van der Waals surface area contributed by atoms with Crippen molar-refractivity contribution in [1.29, 1.82) is 0 Å². The minimum absolute atomic E-state index is 0. The molecule has 2 N–H and O–H groups in total. The van der Waals surface area contributed by atoms with Gasteiger partial charge in [-0.05, 0) is 31.5 Å². The van der Waals surface area contributed by atoms with Gasteiger partial charge in [-0.1, -0.05) is 15.9 Å². The SMILES string of the molecule is CCNC(=NCc1cc(OC)c(OC)cc1Br)NCC.I. The van der Waals surface area contributed by atoms with E-state index in [0.29, 0.717) is 18.0 Å². The zero-order valence-electron chi connectivity index (χ0n) is 12.8. The van der Waals surface area contributed by atoms with Gasteiger partial charge < -0.3 is 20.1 Å². The molecule has 0 unspecified atom stereocenters. The molecule has 0 aliphatic carbocycles. The number of hydrogen-bond acceptors (Lipinski definition) is 3. The summed E-state index contributed by atoms with van der Waals surface area (Å²) in [5.74, 6) is 2.21. The van der Waals surface area contributed by atoms with Crippen LogP contribution in [0.4, 0.5) is 0 Å². The lowest BCUT2D eigenvalue weighted by Crippen LogP contribution is -2.36. The molecule has 0 radical (unpaired) electrons. The van der Waals surface area contributed by atoms with E-state index in [1.165, 1.54) is 0 Å². The van der Waals surface area contributed by atoms with Crippen molar-refractivity contribution < 1.29 is 9.47 Å². The third-order valence-corrected chi connectivity index (χ3v) is 3.39. The Hall–Kier alpha value is -0.700. The van der Waals surface area contributed by atoms with E-state index < -0.39 is 0 Å². The zero-order valence-corrected chi connectivity index (χ0v) is 16.7. The van der Waals surface area contributed by atoms with Crippen LogP contribution in [0.1, 0.15) is 19.4 Å². The molecular formula is C14H23BrIN3O2. The smallest absolute Gasteiger partial charge is 0.191 e. The number of rotatable bonds is 6. The Kier molecular flexibility index (Phi) is 10.6. The van der Waals surface area contributed by atoms with E-state index in [1.807, 2.05) is 26.0 Å². The van der Waals surface area contributed by atoms with Gasteiger partial charge in [-0.15, -0.1) is 24.0 Å². The van der Waals surface area contributed by atoms with Gasteiger partial charge in [0.1, 0.15) is 0 Å². The van der Waals surface area contributed by atoms with Gasteiger partial charge in [0, 0.05) is 17.6 Å². The topological polar surface area (TPSA) is 54.9 Å². The van der Waals surface area contributed by atoms with Crippen LogP contribution in [-0.4, -0.2) is 33.3 Å². The first-order valence-electron chi connectivity index (χ1n) is 6.58. The van der Waals surface area contributed by atoms with E-state index in [4.69, 9.17) is 9.47 Å². The average Bonchev–Trinajstić information content (AvgIpc) is 2.45. The first-order chi connectivity index (χ1) is 9.65. The summed E-state index contributed by atoms with van der Waals surface area (Å²) in [6, 6.07) is 3.83. The molecule has 0 bridgehead atoms. The Morgan fingerprint density at radius 3 is 2.10 bits per heavy atom. The van der Waals surface area contributed by atoms with Gasteiger partial charge in [-0.2, -0.15) is 0 Å². The van der Waals surface area contributed by atoms with Crippen LogP contribution < -0.4 is 20.1 Å². The standard InChI is InChI=1S/C14H22BrN3O2.HI/c1-5-16-14(17-6-2)18-9-10-7-12(19-3)13(20-4)8-11(10)15;/h7-8H,5-6,9H2,1-4H3,(H2,16,17,18);1H. The van der Waals surface area contributed by atoms with E-state index in [-0.39, 0.29) is 24.0 Å². The van der Waals surface area contributed by atoms with Crippen molar-refractivity contribution in [2.45, 2.75) is 20.4 Å². The van der Waals surface area contributed by atoms with Crippen LogP contribution in [0.25, 0.3) is 0 Å². The molecule has 0 saturated heterocycles. The van der Waals surface area contributed by atoms with E-state index in [0.717, 1.165) is 29.1 Å². The second kappa shape index (κ2) is 10.9. The monoisotopic (exact) mass is 471 g/mol. The summed E-state index contributed by atoms with van der Waals surface area (Å²) >= 11 is 3.53. The lowest BCUT2D eigenvalue weighted by molar-refractivity contribution is 0.354. The number of aliphatic imine (C=N–C) groups is 1. The largest absolute Gasteiger partial charge is 0.493 e. The molecule has 7 heteroatoms. The Morgan fingerprint density at radius 2 is 1.62 bits per heavy atom. The van der Waals surface area contributed by atoms with Crippen LogP contribution in [0.3, 0.4) is 0 Å². The third kappa shape index (κ3) is 6.29. The Bertz CT molecular complexity index is 462. The second-order valence-electron chi connectivity index (χ2n) is 4.02. The highest BCUT2D eigenvalue weighted by Gasteiger charge is 2.09. The number of hydrogen-bond donors (Lipinski definition) is 2. The van der Waals surface area contributed by atoms with Crippen LogP contribution in [0.2, 0.25) is 0 Å². The molecule has 0 saturated carbocycles. The number of nitrogens with zero attached hydrogens (tertiary/aromatic N) is 1. The zero-order chi connectivity index (χ0) is 15.0. The molecular weight excluding hydrogens is 449 g/mol. The molecule has 120 valence electrons. The van der Waals surface area contributed by atoms with Crippen molar-refractivity contribution in [3.63, 3.8) is 0 Å². The van der Waals surface area contributed by atoms with Crippen molar-refractivity contribution in [2.75, 3.05) is 27.3 Å². The summed E-state index contributed by atoms with van der Waals surface area (Å²) in [4.78, 5) is 4.53. The summed E-state index contributed by atoms with van der Waals surface area (Å²) in [6.45, 7) is 6.30. The van der Waals surface area contributed by atoms with Gasteiger partial charge in [-0.3, -0.25) is 0 Å². The Labute approximate surface area is 152 Å². The lowest BCUT2D eigenvalue weighted by atomic mass is 10.2. The maximum Gasteiger partial charge on any atom is 0.191 e. The van der Waals surface area contributed by atoms with Gasteiger partial charge >= 0.3 is 0 Å². The van der Waals surface area contributed by atoms with E-state index in [1.54, 1.807) is 14.2 Å². The van der Waals surface area contributed by atoms with Crippen LogP contribution >= 0.6 is 39.9 Å². The molecule has 5 nitrogen and oxygen atoms in total. The fraction of sp³-hybridized carbons (Fsp3) is 0.500. The van der Waals surface area contributed by atoms with Crippen molar-refractivity contribution in [3.8, 4) is 11.5 Å². The molecule has 1 aromatic rings. The van der Waals surface area contributed by atoms with Gasteiger partial charge in [0.2, 0.25) is 0 Å². The summed E-state index contributed by atoms with van der Waals surface area (Å²) in [6.07, 6.45) is 0. The van der Waals surface area contributed by atoms with Gasteiger partial charge in [0.15, 0.2) is 17.5 Å². The highest BCUT2D eigenvalue weighted by molar-refractivity contribution is 14.0. The summed E-state index contributed by atoms with van der Waals surface area (Å²) in [5, 5.41) is 6.38. The molecule has 1 rings (SSSR count). The van der Waals surface area contributed by atoms with Crippen molar-refractivity contribution in [3.05, 3.63) is 22.2 Å². The van der Waals surface area contributed by atoms with Gasteiger partial charge in [0.25, 0.3) is 0 Å². The maximum atomic E-state index is 5.31. The van der Waals surface area contributed by atoms with E-state index in [2.05, 4.69) is 31.6 Å². The summed E-state index contributed by atoms with van der Waals surface area (Å²) in [7, 11) is 3.25. The van der Waals surface area contributed by atoms with Gasteiger partial charge in [-0.25, -0.2) is 4.99 Å². The number of halogens is 2. The number of guanidine groups is 1. The molecule has 21 heavy (non-hydrogen) atoms. The Balaban J connectivity index is 0.00000400. The molecule has 0 spiro atoms.